The number of carbonyl (C=O) groups excluding carboxylic acids is 1. The zero-order valence-electron chi connectivity index (χ0n) is 18.5. The number of esters is 1. The van der Waals surface area contributed by atoms with Gasteiger partial charge in [-0.05, 0) is 35.9 Å². The van der Waals surface area contributed by atoms with E-state index in [-0.39, 0.29) is 50.9 Å². The van der Waals surface area contributed by atoms with Crippen LogP contribution in [0.4, 0.5) is 17.3 Å². The first-order valence-electron chi connectivity index (χ1n) is 10.1. The van der Waals surface area contributed by atoms with Crippen molar-refractivity contribution in [2.45, 2.75) is 6.04 Å². The summed E-state index contributed by atoms with van der Waals surface area (Å²) in [6.07, 6.45) is 1.78. The Balaban J connectivity index is 1.76. The highest BCUT2D eigenvalue weighted by Crippen LogP contribution is 2.42. The molecular weight excluding hydrogens is 507 g/mol. The van der Waals surface area contributed by atoms with Crippen LogP contribution in [-0.2, 0) is 0 Å². The van der Waals surface area contributed by atoms with Gasteiger partial charge in [0.15, 0.2) is 17.7 Å². The van der Waals surface area contributed by atoms with Crippen molar-refractivity contribution < 1.29 is 14.3 Å². The number of hydrogen-bond acceptors (Lipinski definition) is 11. The molecule has 1 unspecified atom stereocenters. The highest BCUT2D eigenvalue weighted by atomic mass is 35.5. The molecule has 0 spiro atoms. The summed E-state index contributed by atoms with van der Waals surface area (Å²) in [5.41, 5.74) is 13.3. The highest BCUT2D eigenvalue weighted by molar-refractivity contribution is 6.36. The number of anilines is 3. The number of rotatable bonds is 4. The van der Waals surface area contributed by atoms with E-state index in [0.717, 1.165) is 0 Å². The number of benzene rings is 2. The molecule has 2 aromatic carbocycles. The summed E-state index contributed by atoms with van der Waals surface area (Å²) in [4.78, 5) is 21.4. The largest absolute Gasteiger partial charge is 0.493 e. The first kappa shape index (κ1) is 24.4. The van der Waals surface area contributed by atoms with Gasteiger partial charge in [0.25, 0.3) is 0 Å². The number of pyridine rings is 1. The van der Waals surface area contributed by atoms with Gasteiger partial charge in [-0.2, -0.15) is 10.5 Å². The van der Waals surface area contributed by atoms with Gasteiger partial charge in [0, 0.05) is 10.6 Å². The maximum Gasteiger partial charge on any atom is 0.345 e. The molecule has 6 N–H and O–H groups in total. The van der Waals surface area contributed by atoms with E-state index < -0.39 is 12.0 Å². The number of aromatic nitrogens is 1. The predicted octanol–water partition coefficient (Wildman–Crippen LogP) is 3.59. The lowest BCUT2D eigenvalue weighted by atomic mass is 9.95. The zero-order chi connectivity index (χ0) is 26.0. The van der Waals surface area contributed by atoms with E-state index in [9.17, 15) is 10.1 Å². The number of ether oxygens (including phenoxy) is 2. The summed E-state index contributed by atoms with van der Waals surface area (Å²) in [6, 6.07) is 10.3. The maximum atomic E-state index is 12.7. The minimum Gasteiger partial charge on any atom is -0.493 e. The van der Waals surface area contributed by atoms with Crippen molar-refractivity contribution in [2.75, 3.05) is 23.9 Å². The molecule has 0 amide bonds. The van der Waals surface area contributed by atoms with Crippen LogP contribution >= 0.6 is 23.2 Å². The lowest BCUT2D eigenvalue weighted by Crippen LogP contribution is -2.32. The second kappa shape index (κ2) is 9.88. The van der Waals surface area contributed by atoms with E-state index >= 15 is 0 Å². The number of nitrogens with two attached hydrogens (primary N) is 2. The van der Waals surface area contributed by atoms with Gasteiger partial charge in [0.2, 0.25) is 5.96 Å². The number of nitrogens with zero attached hydrogens (tertiary/aromatic N) is 4. The van der Waals surface area contributed by atoms with Crippen LogP contribution in [0.3, 0.4) is 0 Å². The topological polar surface area (TPSA) is 184 Å². The quantitative estimate of drug-likeness (QED) is 0.170. The summed E-state index contributed by atoms with van der Waals surface area (Å²) in [5, 5.41) is 24.3. The first-order chi connectivity index (χ1) is 17.3. The van der Waals surface area contributed by atoms with Crippen molar-refractivity contribution >= 4 is 52.5 Å². The van der Waals surface area contributed by atoms with Crippen molar-refractivity contribution in [3.63, 3.8) is 0 Å². The fourth-order valence-electron chi connectivity index (χ4n) is 3.57. The summed E-state index contributed by atoms with van der Waals surface area (Å²) >= 11 is 12.0. The number of halogens is 2. The zero-order valence-corrected chi connectivity index (χ0v) is 20.0. The van der Waals surface area contributed by atoms with E-state index in [4.69, 9.17) is 49.4 Å². The molecule has 11 nitrogen and oxygen atoms in total. The highest BCUT2D eigenvalue weighted by Gasteiger charge is 2.30. The predicted molar refractivity (Wildman–Crippen MR) is 134 cm³/mol. The van der Waals surface area contributed by atoms with Gasteiger partial charge in [0.1, 0.15) is 29.3 Å². The van der Waals surface area contributed by atoms with Crippen LogP contribution in [0.5, 0.6) is 11.5 Å². The minimum absolute atomic E-state index is 0.00445. The SMILES string of the molecule is COc1cc(C2N=C(NC#N)Nc3nc(N)c(C#N)c(N)c32)ccc1OC(=O)c1ccc(Cl)cc1Cl. The molecule has 1 atom stereocenters. The molecule has 0 saturated heterocycles. The van der Waals surface area contributed by atoms with Gasteiger partial charge < -0.3 is 26.3 Å². The number of nitrogens with one attached hydrogen (secondary N) is 2. The molecule has 0 saturated carbocycles. The second-order valence-corrected chi connectivity index (χ2v) is 8.17. The molecule has 3 aromatic rings. The molecule has 1 aliphatic heterocycles. The standard InChI is InChI=1S/C23H16Cl2N8O3/c1-35-16-6-10(2-5-15(16)36-22(34)12-4-3-11(24)7-14(12)25)19-17-18(28)13(8-26)20(29)32-21(17)33-23(31-19)30-9-27/h2-7,19H,1H3,(H6,28,29,30,31,32,33). The van der Waals surface area contributed by atoms with Crippen LogP contribution < -0.4 is 31.6 Å². The molecule has 1 aliphatic rings. The van der Waals surface area contributed by atoms with Crippen LogP contribution in [0.2, 0.25) is 10.0 Å². The fourth-order valence-corrected chi connectivity index (χ4v) is 4.06. The Hall–Kier alpha value is -4.71. The molecule has 4 rings (SSSR count). The Kier molecular flexibility index (Phi) is 6.70. The van der Waals surface area contributed by atoms with E-state index in [1.165, 1.54) is 31.4 Å². The number of nitriles is 2. The third kappa shape index (κ3) is 4.49. The monoisotopic (exact) mass is 522 g/mol. The van der Waals surface area contributed by atoms with Gasteiger partial charge in [-0.25, -0.2) is 14.8 Å². The molecule has 36 heavy (non-hydrogen) atoms. The molecule has 0 aliphatic carbocycles. The summed E-state index contributed by atoms with van der Waals surface area (Å²) in [7, 11) is 1.40. The fraction of sp³-hybridized carbons (Fsp3) is 0.0870. The van der Waals surface area contributed by atoms with E-state index in [1.54, 1.807) is 18.3 Å². The molecule has 0 radical (unpaired) electrons. The number of aliphatic imine (C=N–C) groups is 1. The molecule has 13 heteroatoms. The summed E-state index contributed by atoms with van der Waals surface area (Å²) in [6.45, 7) is 0. The number of carbonyl (C=O) groups is 1. The molecule has 0 bridgehead atoms. The molecular formula is C23H16Cl2N8O3. The van der Waals surface area contributed by atoms with E-state index in [2.05, 4.69) is 20.6 Å². The smallest absolute Gasteiger partial charge is 0.345 e. The van der Waals surface area contributed by atoms with Crippen molar-refractivity contribution in [3.05, 3.63) is 68.7 Å². The van der Waals surface area contributed by atoms with Crippen molar-refractivity contribution in [3.8, 4) is 23.8 Å². The lowest BCUT2D eigenvalue weighted by Gasteiger charge is -2.26. The van der Waals surface area contributed by atoms with Crippen LogP contribution in [0, 0.1) is 22.8 Å². The van der Waals surface area contributed by atoms with Crippen LogP contribution in [0.15, 0.2) is 41.4 Å². The summed E-state index contributed by atoms with van der Waals surface area (Å²) in [5.74, 6) is -0.133. The van der Waals surface area contributed by atoms with Crippen LogP contribution in [0.1, 0.15) is 33.1 Å². The van der Waals surface area contributed by atoms with Gasteiger partial charge in [0.05, 0.1) is 23.4 Å². The Bertz CT molecular complexity index is 1510. The Morgan fingerprint density at radius 1 is 1.17 bits per heavy atom. The lowest BCUT2D eigenvalue weighted by molar-refractivity contribution is 0.0730. The molecule has 1 aromatic heterocycles. The second-order valence-electron chi connectivity index (χ2n) is 7.33. The maximum absolute atomic E-state index is 12.7. The van der Waals surface area contributed by atoms with Gasteiger partial charge in [-0.1, -0.05) is 29.3 Å². The number of methoxy groups -OCH3 is 1. The Morgan fingerprint density at radius 2 is 1.94 bits per heavy atom. The summed E-state index contributed by atoms with van der Waals surface area (Å²) < 4.78 is 10.9. The van der Waals surface area contributed by atoms with Gasteiger partial charge >= 0.3 is 5.97 Å². The number of nitrogen functional groups attached to an aromatic ring is 2. The molecule has 180 valence electrons. The molecule has 0 fully saturated rings. The minimum atomic E-state index is -0.804. The van der Waals surface area contributed by atoms with Crippen molar-refractivity contribution in [1.82, 2.24) is 10.3 Å². The third-order valence-corrected chi connectivity index (χ3v) is 5.76. The van der Waals surface area contributed by atoms with Crippen LogP contribution in [0.25, 0.3) is 0 Å². The third-order valence-electron chi connectivity index (χ3n) is 5.21. The van der Waals surface area contributed by atoms with Gasteiger partial charge in [-0.3, -0.25) is 5.32 Å². The van der Waals surface area contributed by atoms with Crippen molar-refractivity contribution in [1.29, 1.82) is 10.5 Å². The van der Waals surface area contributed by atoms with Crippen LogP contribution in [-0.4, -0.2) is 24.0 Å². The van der Waals surface area contributed by atoms with Crippen molar-refractivity contribution in [2.24, 2.45) is 4.99 Å². The first-order valence-corrected chi connectivity index (χ1v) is 10.9. The average Bonchev–Trinajstić information content (AvgIpc) is 2.84. The molecule has 2 heterocycles. The normalized spacial score (nSPS) is 13.8. The average molecular weight is 523 g/mol. The number of hydrogen-bond donors (Lipinski definition) is 4. The van der Waals surface area contributed by atoms with E-state index in [1.807, 2.05) is 6.07 Å². The van der Waals surface area contributed by atoms with Gasteiger partial charge in [-0.15, -0.1) is 0 Å². The Morgan fingerprint density at radius 3 is 2.61 bits per heavy atom. The van der Waals surface area contributed by atoms with E-state index in [0.29, 0.717) is 16.1 Å². The number of fused-ring (bicyclic) bond motifs is 1. The number of guanidine groups is 1. The Labute approximate surface area is 214 Å².